The molecular formula is C20H21NO6. The van der Waals surface area contributed by atoms with Gasteiger partial charge in [-0.05, 0) is 35.4 Å². The SMILES string of the molecule is COc1c(O)ccc(-c2ccc3c(c2)CNC3=O)c1OCC1(CO)COC1. The summed E-state index contributed by atoms with van der Waals surface area (Å²) in [5.74, 6) is 0.522. The number of benzene rings is 2. The first-order valence-electron chi connectivity index (χ1n) is 8.70. The molecule has 0 atom stereocenters. The number of fused-ring (bicyclic) bond motifs is 1. The van der Waals surface area contributed by atoms with Crippen LogP contribution < -0.4 is 14.8 Å². The number of hydrogen-bond donors (Lipinski definition) is 3. The highest BCUT2D eigenvalue weighted by Crippen LogP contribution is 2.45. The quantitative estimate of drug-likeness (QED) is 0.715. The minimum atomic E-state index is -0.442. The van der Waals surface area contributed by atoms with Crippen molar-refractivity contribution in [3.63, 3.8) is 0 Å². The minimum Gasteiger partial charge on any atom is -0.504 e. The maximum absolute atomic E-state index is 11.8. The van der Waals surface area contributed by atoms with Crippen molar-refractivity contribution in [3.8, 4) is 28.4 Å². The van der Waals surface area contributed by atoms with E-state index in [4.69, 9.17) is 14.2 Å². The first-order valence-corrected chi connectivity index (χ1v) is 8.70. The molecule has 0 aromatic heterocycles. The maximum atomic E-state index is 11.8. The molecule has 0 radical (unpaired) electrons. The van der Waals surface area contributed by atoms with E-state index >= 15 is 0 Å². The van der Waals surface area contributed by atoms with E-state index < -0.39 is 5.41 Å². The summed E-state index contributed by atoms with van der Waals surface area (Å²) in [4.78, 5) is 11.8. The summed E-state index contributed by atoms with van der Waals surface area (Å²) in [6.45, 7) is 1.52. The molecule has 142 valence electrons. The molecule has 3 N–H and O–H groups in total. The number of aliphatic hydroxyl groups is 1. The van der Waals surface area contributed by atoms with Crippen LogP contribution in [-0.2, 0) is 11.3 Å². The summed E-state index contributed by atoms with van der Waals surface area (Å²) in [5, 5.41) is 22.6. The summed E-state index contributed by atoms with van der Waals surface area (Å²) < 4.78 is 16.6. The third-order valence-corrected chi connectivity index (χ3v) is 5.07. The smallest absolute Gasteiger partial charge is 0.251 e. The molecule has 2 aromatic rings. The van der Waals surface area contributed by atoms with E-state index in [0.29, 0.717) is 31.1 Å². The van der Waals surface area contributed by atoms with Crippen molar-refractivity contribution in [2.75, 3.05) is 33.5 Å². The molecule has 2 aliphatic rings. The Hall–Kier alpha value is -2.77. The summed E-state index contributed by atoms with van der Waals surface area (Å²) in [6.07, 6.45) is 0. The predicted molar refractivity (Wildman–Crippen MR) is 97.1 cm³/mol. The van der Waals surface area contributed by atoms with Crippen molar-refractivity contribution in [2.45, 2.75) is 6.54 Å². The van der Waals surface area contributed by atoms with Crippen molar-refractivity contribution in [1.29, 1.82) is 0 Å². The molecule has 7 nitrogen and oxygen atoms in total. The number of nitrogens with one attached hydrogen (secondary N) is 1. The van der Waals surface area contributed by atoms with Gasteiger partial charge in [-0.1, -0.05) is 6.07 Å². The minimum absolute atomic E-state index is 0.0304. The van der Waals surface area contributed by atoms with Gasteiger partial charge in [-0.2, -0.15) is 0 Å². The highest BCUT2D eigenvalue weighted by molar-refractivity contribution is 5.99. The van der Waals surface area contributed by atoms with Crippen LogP contribution in [0.25, 0.3) is 11.1 Å². The zero-order chi connectivity index (χ0) is 19.0. The second kappa shape index (κ2) is 6.75. The van der Waals surface area contributed by atoms with E-state index in [1.807, 2.05) is 12.1 Å². The first-order chi connectivity index (χ1) is 13.1. The molecule has 1 fully saturated rings. The highest BCUT2D eigenvalue weighted by atomic mass is 16.5. The Morgan fingerprint density at radius 2 is 1.96 bits per heavy atom. The van der Waals surface area contributed by atoms with Crippen LogP contribution in [0.2, 0.25) is 0 Å². The van der Waals surface area contributed by atoms with Gasteiger partial charge >= 0.3 is 0 Å². The summed E-state index contributed by atoms with van der Waals surface area (Å²) >= 11 is 0. The Balaban J connectivity index is 1.73. The third kappa shape index (κ3) is 2.98. The molecule has 1 saturated heterocycles. The Morgan fingerprint density at radius 3 is 2.63 bits per heavy atom. The fourth-order valence-corrected chi connectivity index (χ4v) is 3.36. The number of carbonyl (C=O) groups excluding carboxylic acids is 1. The van der Waals surface area contributed by atoms with Crippen LogP contribution in [0.4, 0.5) is 0 Å². The van der Waals surface area contributed by atoms with E-state index in [0.717, 1.165) is 16.7 Å². The number of hydrogen-bond acceptors (Lipinski definition) is 6. The number of phenolic OH excluding ortho intramolecular Hbond substituents is 1. The van der Waals surface area contributed by atoms with Crippen LogP contribution in [0.5, 0.6) is 17.2 Å². The molecule has 2 aliphatic heterocycles. The molecule has 27 heavy (non-hydrogen) atoms. The van der Waals surface area contributed by atoms with Gasteiger partial charge in [0.1, 0.15) is 6.61 Å². The van der Waals surface area contributed by atoms with Gasteiger partial charge in [-0.25, -0.2) is 0 Å². The van der Waals surface area contributed by atoms with Gasteiger partial charge < -0.3 is 29.7 Å². The van der Waals surface area contributed by atoms with Crippen molar-refractivity contribution in [3.05, 3.63) is 41.5 Å². The summed E-state index contributed by atoms with van der Waals surface area (Å²) in [7, 11) is 1.46. The number of methoxy groups -OCH3 is 1. The molecule has 2 aromatic carbocycles. The van der Waals surface area contributed by atoms with Crippen LogP contribution in [-0.4, -0.2) is 49.7 Å². The van der Waals surface area contributed by atoms with Gasteiger partial charge in [-0.15, -0.1) is 0 Å². The van der Waals surface area contributed by atoms with Gasteiger partial charge in [0.15, 0.2) is 11.5 Å². The monoisotopic (exact) mass is 371 g/mol. The molecule has 0 bridgehead atoms. The van der Waals surface area contributed by atoms with Gasteiger partial charge in [0.05, 0.1) is 32.3 Å². The van der Waals surface area contributed by atoms with Crippen molar-refractivity contribution in [2.24, 2.45) is 5.41 Å². The number of aliphatic hydroxyl groups excluding tert-OH is 1. The number of rotatable bonds is 6. The van der Waals surface area contributed by atoms with E-state index in [2.05, 4.69) is 5.32 Å². The number of carbonyl (C=O) groups is 1. The van der Waals surface area contributed by atoms with Crippen LogP contribution in [0.3, 0.4) is 0 Å². The van der Waals surface area contributed by atoms with E-state index in [9.17, 15) is 15.0 Å². The molecule has 7 heteroatoms. The van der Waals surface area contributed by atoms with Crippen LogP contribution in [0.15, 0.2) is 30.3 Å². The number of amides is 1. The van der Waals surface area contributed by atoms with Crippen molar-refractivity contribution < 1.29 is 29.2 Å². The second-order valence-corrected chi connectivity index (χ2v) is 6.99. The average Bonchev–Trinajstić information content (AvgIpc) is 3.02. The number of phenols is 1. The van der Waals surface area contributed by atoms with Gasteiger partial charge in [-0.3, -0.25) is 4.79 Å². The first kappa shape index (κ1) is 17.6. The third-order valence-electron chi connectivity index (χ3n) is 5.07. The zero-order valence-corrected chi connectivity index (χ0v) is 14.9. The van der Waals surface area contributed by atoms with E-state index in [1.54, 1.807) is 18.2 Å². The molecule has 2 heterocycles. The number of ether oxygens (including phenoxy) is 3. The predicted octanol–water partition coefficient (Wildman–Crippen LogP) is 1.70. The Kier molecular flexibility index (Phi) is 4.41. The largest absolute Gasteiger partial charge is 0.504 e. The van der Waals surface area contributed by atoms with E-state index in [1.165, 1.54) is 7.11 Å². The molecule has 0 spiro atoms. The average molecular weight is 371 g/mol. The van der Waals surface area contributed by atoms with Crippen LogP contribution >= 0.6 is 0 Å². The fourth-order valence-electron chi connectivity index (χ4n) is 3.36. The Morgan fingerprint density at radius 1 is 1.19 bits per heavy atom. The Labute approximate surface area is 156 Å². The lowest BCUT2D eigenvalue weighted by molar-refractivity contribution is -0.153. The molecular weight excluding hydrogens is 350 g/mol. The fraction of sp³-hybridized carbons (Fsp3) is 0.350. The molecule has 1 amide bonds. The van der Waals surface area contributed by atoms with Gasteiger partial charge in [0, 0.05) is 17.7 Å². The van der Waals surface area contributed by atoms with Gasteiger partial charge in [0.25, 0.3) is 5.91 Å². The molecule has 0 saturated carbocycles. The zero-order valence-electron chi connectivity index (χ0n) is 14.9. The summed E-state index contributed by atoms with van der Waals surface area (Å²) in [6, 6.07) is 8.86. The highest BCUT2D eigenvalue weighted by Gasteiger charge is 2.39. The lowest BCUT2D eigenvalue weighted by atomic mass is 9.88. The van der Waals surface area contributed by atoms with Crippen molar-refractivity contribution in [1.82, 2.24) is 5.32 Å². The Bertz CT molecular complexity index is 885. The van der Waals surface area contributed by atoms with Gasteiger partial charge in [0.2, 0.25) is 5.75 Å². The molecule has 4 rings (SSSR count). The van der Waals surface area contributed by atoms with Crippen LogP contribution in [0, 0.1) is 5.41 Å². The normalized spacial score (nSPS) is 17.0. The van der Waals surface area contributed by atoms with E-state index in [-0.39, 0.29) is 30.6 Å². The topological polar surface area (TPSA) is 97.3 Å². The lowest BCUT2D eigenvalue weighted by Gasteiger charge is -2.39. The van der Waals surface area contributed by atoms with Crippen molar-refractivity contribution >= 4 is 5.91 Å². The standard InChI is InChI=1S/C20H21NO6/c1-25-18-16(23)5-4-14(17(18)27-11-20(8-22)9-26-10-20)12-2-3-15-13(6-12)7-21-19(15)24/h2-6,22-23H,7-11H2,1H3,(H,21,24). The molecule has 0 unspecified atom stereocenters. The summed E-state index contributed by atoms with van der Waals surface area (Å²) in [5.41, 5.74) is 2.72. The lowest BCUT2D eigenvalue weighted by Crippen LogP contribution is -2.50. The second-order valence-electron chi connectivity index (χ2n) is 6.99. The molecule has 0 aliphatic carbocycles. The number of aromatic hydroxyl groups is 1. The maximum Gasteiger partial charge on any atom is 0.251 e. The van der Waals surface area contributed by atoms with Crippen LogP contribution in [0.1, 0.15) is 15.9 Å².